The monoisotopic (exact) mass is 351 g/mol. The van der Waals surface area contributed by atoms with Crippen LogP contribution in [-0.2, 0) is 0 Å². The van der Waals surface area contributed by atoms with Gasteiger partial charge in [0.15, 0.2) is 11.5 Å². The Balaban J connectivity index is 2.35. The summed E-state index contributed by atoms with van der Waals surface area (Å²) in [6, 6.07) is 14.0. The van der Waals surface area contributed by atoms with Gasteiger partial charge in [0, 0.05) is 5.56 Å². The fourth-order valence-corrected chi connectivity index (χ4v) is 2.34. The van der Waals surface area contributed by atoms with Crippen LogP contribution >= 0.6 is 0 Å². The summed E-state index contributed by atoms with van der Waals surface area (Å²) >= 11 is 0. The summed E-state index contributed by atoms with van der Waals surface area (Å²) in [6.07, 6.45) is 2.40. The standard InChI is InChI=1S/C21H21NO4/c1-4-10-26-20-12-15(8-9-19(20)25-3)11-17(14-22)21(23)16-6-5-7-18(13-16)24-2/h5-9,11-13H,4,10H2,1-3H3/b17-11-. The Bertz CT molecular complexity index is 849. The van der Waals surface area contributed by atoms with Crippen molar-refractivity contribution in [1.82, 2.24) is 0 Å². The van der Waals surface area contributed by atoms with Gasteiger partial charge in [-0.2, -0.15) is 5.26 Å². The second-order valence-corrected chi connectivity index (χ2v) is 5.49. The molecule has 0 saturated heterocycles. The maximum absolute atomic E-state index is 12.6. The molecule has 5 nitrogen and oxygen atoms in total. The van der Waals surface area contributed by atoms with Gasteiger partial charge in [0.2, 0.25) is 5.78 Å². The summed E-state index contributed by atoms with van der Waals surface area (Å²) in [6.45, 7) is 2.56. The topological polar surface area (TPSA) is 68.5 Å². The zero-order valence-electron chi connectivity index (χ0n) is 15.1. The van der Waals surface area contributed by atoms with Crippen LogP contribution in [0.3, 0.4) is 0 Å². The van der Waals surface area contributed by atoms with Gasteiger partial charge in [-0.3, -0.25) is 4.79 Å². The SMILES string of the molecule is CCCOc1cc(/C=C(/C#N)C(=O)c2cccc(OC)c2)ccc1OC. The number of Topliss-reactive ketones (excluding diaryl/α,β-unsaturated/α-hetero) is 1. The Morgan fingerprint density at radius 2 is 1.92 bits per heavy atom. The molecule has 0 heterocycles. The average molecular weight is 351 g/mol. The lowest BCUT2D eigenvalue weighted by atomic mass is 10.0. The summed E-state index contributed by atoms with van der Waals surface area (Å²) in [5.74, 6) is 1.38. The number of methoxy groups -OCH3 is 2. The maximum atomic E-state index is 12.6. The van der Waals surface area contributed by atoms with Crippen molar-refractivity contribution in [1.29, 1.82) is 5.26 Å². The van der Waals surface area contributed by atoms with E-state index in [1.807, 2.05) is 13.0 Å². The lowest BCUT2D eigenvalue weighted by molar-refractivity contribution is 0.103. The summed E-state index contributed by atoms with van der Waals surface area (Å²) < 4.78 is 16.1. The van der Waals surface area contributed by atoms with Crippen molar-refractivity contribution in [2.24, 2.45) is 0 Å². The van der Waals surface area contributed by atoms with E-state index in [9.17, 15) is 10.1 Å². The number of carbonyl (C=O) groups excluding carboxylic acids is 1. The molecular formula is C21H21NO4. The molecule has 0 N–H and O–H groups in total. The van der Waals surface area contributed by atoms with Gasteiger partial charge in [-0.05, 0) is 42.3 Å². The average Bonchev–Trinajstić information content (AvgIpc) is 2.70. The number of ketones is 1. The van der Waals surface area contributed by atoms with Gasteiger partial charge in [-0.1, -0.05) is 25.1 Å². The highest BCUT2D eigenvalue weighted by Crippen LogP contribution is 2.29. The molecule has 0 spiro atoms. The van der Waals surface area contributed by atoms with Crippen LogP contribution in [0.1, 0.15) is 29.3 Å². The van der Waals surface area contributed by atoms with Crippen molar-refractivity contribution >= 4 is 11.9 Å². The molecule has 0 radical (unpaired) electrons. The number of hydrogen-bond acceptors (Lipinski definition) is 5. The number of benzene rings is 2. The summed E-state index contributed by atoms with van der Waals surface area (Å²) in [5, 5.41) is 9.43. The molecule has 2 aromatic carbocycles. The molecule has 0 aliphatic heterocycles. The molecule has 5 heteroatoms. The second-order valence-electron chi connectivity index (χ2n) is 5.49. The van der Waals surface area contributed by atoms with Gasteiger partial charge < -0.3 is 14.2 Å². The number of nitriles is 1. The number of ether oxygens (including phenoxy) is 3. The number of carbonyl (C=O) groups is 1. The highest BCUT2D eigenvalue weighted by molar-refractivity contribution is 6.14. The molecule has 0 bridgehead atoms. The van der Waals surface area contributed by atoms with Gasteiger partial charge in [-0.15, -0.1) is 0 Å². The van der Waals surface area contributed by atoms with Gasteiger partial charge in [0.25, 0.3) is 0 Å². The van der Waals surface area contributed by atoms with Crippen LogP contribution in [0.2, 0.25) is 0 Å². The minimum absolute atomic E-state index is 0.0323. The Morgan fingerprint density at radius 3 is 2.58 bits per heavy atom. The quantitative estimate of drug-likeness (QED) is 0.403. The lowest BCUT2D eigenvalue weighted by Crippen LogP contribution is -2.02. The maximum Gasteiger partial charge on any atom is 0.203 e. The number of rotatable bonds is 8. The van der Waals surface area contributed by atoms with E-state index < -0.39 is 0 Å². The Hall–Kier alpha value is -3.26. The fourth-order valence-electron chi connectivity index (χ4n) is 2.34. The molecule has 0 aliphatic carbocycles. The minimum atomic E-state index is -0.363. The molecule has 134 valence electrons. The van der Waals surface area contributed by atoms with E-state index in [2.05, 4.69) is 0 Å². The second kappa shape index (κ2) is 9.28. The van der Waals surface area contributed by atoms with E-state index in [4.69, 9.17) is 14.2 Å². The molecular weight excluding hydrogens is 330 g/mol. The van der Waals surface area contributed by atoms with Gasteiger partial charge in [0.1, 0.15) is 17.4 Å². The van der Waals surface area contributed by atoms with Crippen LogP contribution in [0, 0.1) is 11.3 Å². The van der Waals surface area contributed by atoms with Crippen molar-refractivity contribution in [2.45, 2.75) is 13.3 Å². The van der Waals surface area contributed by atoms with Crippen molar-refractivity contribution in [3.63, 3.8) is 0 Å². The van der Waals surface area contributed by atoms with Crippen LogP contribution in [-0.4, -0.2) is 26.6 Å². The van der Waals surface area contributed by atoms with Crippen LogP contribution in [0.4, 0.5) is 0 Å². The Morgan fingerprint density at radius 1 is 1.12 bits per heavy atom. The third-order valence-corrected chi connectivity index (χ3v) is 3.66. The first-order chi connectivity index (χ1) is 12.6. The highest BCUT2D eigenvalue weighted by atomic mass is 16.5. The van der Waals surface area contributed by atoms with Crippen LogP contribution in [0.15, 0.2) is 48.0 Å². The first-order valence-corrected chi connectivity index (χ1v) is 8.24. The van der Waals surface area contributed by atoms with E-state index >= 15 is 0 Å². The third kappa shape index (κ3) is 4.64. The molecule has 2 aromatic rings. The van der Waals surface area contributed by atoms with Gasteiger partial charge in [0.05, 0.1) is 20.8 Å². The van der Waals surface area contributed by atoms with E-state index in [1.165, 1.54) is 7.11 Å². The molecule has 0 saturated carbocycles. The fraction of sp³-hybridized carbons (Fsp3) is 0.238. The molecule has 0 amide bonds. The number of allylic oxidation sites excluding steroid dienone is 1. The first kappa shape index (κ1) is 19.1. The minimum Gasteiger partial charge on any atom is -0.497 e. The Labute approximate surface area is 153 Å². The highest BCUT2D eigenvalue weighted by Gasteiger charge is 2.14. The molecule has 0 fully saturated rings. The van der Waals surface area contributed by atoms with Crippen molar-refractivity contribution in [3.05, 3.63) is 59.2 Å². The molecule has 0 unspecified atom stereocenters. The predicted molar refractivity (Wildman–Crippen MR) is 99.7 cm³/mol. The number of nitrogens with zero attached hydrogens (tertiary/aromatic N) is 1. The van der Waals surface area contributed by atoms with E-state index in [1.54, 1.807) is 55.7 Å². The summed E-state index contributed by atoms with van der Waals surface area (Å²) in [5.41, 5.74) is 1.11. The molecule has 0 aromatic heterocycles. The van der Waals surface area contributed by atoms with E-state index in [-0.39, 0.29) is 11.4 Å². The zero-order valence-corrected chi connectivity index (χ0v) is 15.1. The van der Waals surface area contributed by atoms with Crippen LogP contribution in [0.5, 0.6) is 17.2 Å². The first-order valence-electron chi connectivity index (χ1n) is 8.24. The predicted octanol–water partition coefficient (Wildman–Crippen LogP) is 4.28. The van der Waals surface area contributed by atoms with Crippen molar-refractivity contribution in [3.8, 4) is 23.3 Å². The normalized spacial score (nSPS) is 10.8. The van der Waals surface area contributed by atoms with E-state index in [0.717, 1.165) is 6.42 Å². The summed E-state index contributed by atoms with van der Waals surface area (Å²) in [7, 11) is 3.09. The van der Waals surface area contributed by atoms with Crippen molar-refractivity contribution in [2.75, 3.05) is 20.8 Å². The largest absolute Gasteiger partial charge is 0.497 e. The Kier molecular flexibility index (Phi) is 6.81. The van der Waals surface area contributed by atoms with E-state index in [0.29, 0.717) is 35.0 Å². The van der Waals surface area contributed by atoms with Crippen molar-refractivity contribution < 1.29 is 19.0 Å². The van der Waals surface area contributed by atoms with Crippen LogP contribution < -0.4 is 14.2 Å². The smallest absolute Gasteiger partial charge is 0.203 e. The molecule has 2 rings (SSSR count). The van der Waals surface area contributed by atoms with Gasteiger partial charge in [-0.25, -0.2) is 0 Å². The lowest BCUT2D eigenvalue weighted by Gasteiger charge is -2.10. The molecule has 26 heavy (non-hydrogen) atoms. The zero-order chi connectivity index (χ0) is 18.9. The molecule has 0 aliphatic rings. The van der Waals surface area contributed by atoms with Gasteiger partial charge >= 0.3 is 0 Å². The summed E-state index contributed by atoms with van der Waals surface area (Å²) in [4.78, 5) is 12.6. The molecule has 0 atom stereocenters. The third-order valence-electron chi connectivity index (χ3n) is 3.66. The number of hydrogen-bond donors (Lipinski definition) is 0. The van der Waals surface area contributed by atoms with Crippen LogP contribution in [0.25, 0.3) is 6.08 Å².